The average Bonchev–Trinajstić information content (AvgIpc) is 2.28. The first kappa shape index (κ1) is 12.8. The van der Waals surface area contributed by atoms with E-state index in [0.29, 0.717) is 6.61 Å². The molecule has 0 aliphatic carbocycles. The van der Waals surface area contributed by atoms with Crippen LogP contribution < -0.4 is 9.47 Å². The molecule has 0 fully saturated rings. The van der Waals surface area contributed by atoms with Crippen molar-refractivity contribution in [3.63, 3.8) is 0 Å². The molecule has 0 radical (unpaired) electrons. The smallest absolute Gasteiger partial charge is 0.122 e. The molecule has 3 heteroatoms. The van der Waals surface area contributed by atoms with E-state index in [0.717, 1.165) is 35.7 Å². The first-order valence-electron chi connectivity index (χ1n) is 5.46. The highest BCUT2D eigenvalue weighted by Crippen LogP contribution is 2.27. The minimum atomic E-state index is 0.681. The van der Waals surface area contributed by atoms with Crippen molar-refractivity contribution in [3.8, 4) is 11.5 Å². The molecule has 0 aliphatic heterocycles. The second kappa shape index (κ2) is 6.38. The standard InChI is InChI=1S/C13H20O3/c1-10-9-13(16-7-5-6-14-3)11(2)8-12(10)15-4/h8-9H,5-7H2,1-4H3. The molecule has 0 aliphatic rings. The molecule has 0 unspecified atom stereocenters. The molecule has 1 aromatic carbocycles. The Labute approximate surface area is 97.3 Å². The van der Waals surface area contributed by atoms with E-state index in [1.165, 1.54) is 0 Å². The van der Waals surface area contributed by atoms with Crippen molar-refractivity contribution in [1.82, 2.24) is 0 Å². The van der Waals surface area contributed by atoms with Crippen molar-refractivity contribution < 1.29 is 14.2 Å². The lowest BCUT2D eigenvalue weighted by Crippen LogP contribution is -2.03. The fourth-order valence-electron chi connectivity index (χ4n) is 1.52. The number of hydrogen-bond acceptors (Lipinski definition) is 3. The van der Waals surface area contributed by atoms with E-state index in [4.69, 9.17) is 14.2 Å². The molecule has 3 nitrogen and oxygen atoms in total. The Balaban J connectivity index is 2.63. The maximum atomic E-state index is 5.68. The van der Waals surface area contributed by atoms with Crippen LogP contribution in [0.2, 0.25) is 0 Å². The van der Waals surface area contributed by atoms with Crippen molar-refractivity contribution in [1.29, 1.82) is 0 Å². The summed E-state index contributed by atoms with van der Waals surface area (Å²) in [6.07, 6.45) is 0.904. The summed E-state index contributed by atoms with van der Waals surface area (Å²) in [6.45, 7) is 5.45. The number of ether oxygens (including phenoxy) is 3. The van der Waals surface area contributed by atoms with E-state index >= 15 is 0 Å². The van der Waals surface area contributed by atoms with Crippen molar-refractivity contribution in [2.45, 2.75) is 20.3 Å². The lowest BCUT2D eigenvalue weighted by Gasteiger charge is -2.12. The van der Waals surface area contributed by atoms with Crippen LogP contribution in [-0.2, 0) is 4.74 Å². The summed E-state index contributed by atoms with van der Waals surface area (Å²) in [4.78, 5) is 0. The number of hydrogen-bond donors (Lipinski definition) is 0. The van der Waals surface area contributed by atoms with Gasteiger partial charge in [-0.25, -0.2) is 0 Å². The zero-order valence-electron chi connectivity index (χ0n) is 10.5. The fraction of sp³-hybridized carbons (Fsp3) is 0.538. The average molecular weight is 224 g/mol. The Kier molecular flexibility index (Phi) is 5.12. The third-order valence-corrected chi connectivity index (χ3v) is 2.44. The quantitative estimate of drug-likeness (QED) is 0.695. The van der Waals surface area contributed by atoms with E-state index in [1.807, 2.05) is 26.0 Å². The molecule has 0 saturated heterocycles. The van der Waals surface area contributed by atoms with Gasteiger partial charge in [-0.05, 0) is 37.1 Å². The molecule has 1 aromatic rings. The van der Waals surface area contributed by atoms with Crippen molar-refractivity contribution in [2.24, 2.45) is 0 Å². The molecule has 0 amide bonds. The van der Waals surface area contributed by atoms with Crippen LogP contribution in [0, 0.1) is 13.8 Å². The topological polar surface area (TPSA) is 27.7 Å². The van der Waals surface area contributed by atoms with Crippen molar-refractivity contribution in [2.75, 3.05) is 27.4 Å². The number of methoxy groups -OCH3 is 2. The van der Waals surface area contributed by atoms with Gasteiger partial charge in [-0.3, -0.25) is 0 Å². The Hall–Kier alpha value is -1.22. The number of rotatable bonds is 6. The van der Waals surface area contributed by atoms with E-state index in [9.17, 15) is 0 Å². The van der Waals surface area contributed by atoms with Gasteiger partial charge in [-0.15, -0.1) is 0 Å². The Morgan fingerprint density at radius 1 is 0.938 bits per heavy atom. The highest BCUT2D eigenvalue weighted by molar-refractivity contribution is 5.45. The van der Waals surface area contributed by atoms with Crippen LogP contribution in [0.25, 0.3) is 0 Å². The third kappa shape index (κ3) is 3.42. The fourth-order valence-corrected chi connectivity index (χ4v) is 1.52. The lowest BCUT2D eigenvalue weighted by molar-refractivity contribution is 0.172. The maximum absolute atomic E-state index is 5.68. The minimum Gasteiger partial charge on any atom is -0.496 e. The van der Waals surface area contributed by atoms with Gasteiger partial charge in [-0.2, -0.15) is 0 Å². The SMILES string of the molecule is COCCCOc1cc(C)c(OC)cc1C. The summed E-state index contributed by atoms with van der Waals surface area (Å²) < 4.78 is 15.9. The Morgan fingerprint density at radius 2 is 1.56 bits per heavy atom. The van der Waals surface area contributed by atoms with E-state index in [2.05, 4.69) is 0 Å². The highest BCUT2D eigenvalue weighted by atomic mass is 16.5. The van der Waals surface area contributed by atoms with Crippen LogP contribution in [0.15, 0.2) is 12.1 Å². The normalized spacial score (nSPS) is 10.2. The molecule has 0 spiro atoms. The molecule has 1 rings (SSSR count). The zero-order chi connectivity index (χ0) is 12.0. The first-order valence-corrected chi connectivity index (χ1v) is 5.46. The van der Waals surface area contributed by atoms with E-state index in [-0.39, 0.29) is 0 Å². The molecular formula is C13H20O3. The van der Waals surface area contributed by atoms with Gasteiger partial charge in [0.25, 0.3) is 0 Å². The van der Waals surface area contributed by atoms with Gasteiger partial charge in [0.15, 0.2) is 0 Å². The molecule has 0 saturated carbocycles. The molecule has 0 atom stereocenters. The zero-order valence-corrected chi connectivity index (χ0v) is 10.5. The Bertz CT molecular complexity index is 334. The summed E-state index contributed by atoms with van der Waals surface area (Å²) in [5.74, 6) is 1.83. The van der Waals surface area contributed by atoms with Gasteiger partial charge in [0, 0.05) is 20.1 Å². The van der Waals surface area contributed by atoms with Crippen LogP contribution in [-0.4, -0.2) is 27.4 Å². The van der Waals surface area contributed by atoms with Gasteiger partial charge >= 0.3 is 0 Å². The van der Waals surface area contributed by atoms with E-state index < -0.39 is 0 Å². The molecule has 0 N–H and O–H groups in total. The van der Waals surface area contributed by atoms with Crippen LogP contribution in [0.1, 0.15) is 17.5 Å². The minimum absolute atomic E-state index is 0.681. The summed E-state index contributed by atoms with van der Waals surface area (Å²) >= 11 is 0. The second-order valence-electron chi connectivity index (χ2n) is 3.78. The predicted octanol–water partition coefficient (Wildman–Crippen LogP) is 2.73. The first-order chi connectivity index (χ1) is 7.69. The Morgan fingerprint density at radius 3 is 2.19 bits per heavy atom. The highest BCUT2D eigenvalue weighted by Gasteiger charge is 2.05. The summed E-state index contributed by atoms with van der Waals surface area (Å²) in [5, 5.41) is 0. The third-order valence-electron chi connectivity index (χ3n) is 2.44. The van der Waals surface area contributed by atoms with Crippen LogP contribution in [0.4, 0.5) is 0 Å². The van der Waals surface area contributed by atoms with Gasteiger partial charge in [0.1, 0.15) is 11.5 Å². The van der Waals surface area contributed by atoms with Gasteiger partial charge in [0.05, 0.1) is 13.7 Å². The second-order valence-corrected chi connectivity index (χ2v) is 3.78. The van der Waals surface area contributed by atoms with Crippen molar-refractivity contribution in [3.05, 3.63) is 23.3 Å². The molecule has 16 heavy (non-hydrogen) atoms. The molecular weight excluding hydrogens is 204 g/mol. The molecule has 0 aromatic heterocycles. The number of aryl methyl sites for hydroxylation is 2. The lowest BCUT2D eigenvalue weighted by atomic mass is 10.1. The van der Waals surface area contributed by atoms with Gasteiger partial charge in [0.2, 0.25) is 0 Å². The van der Waals surface area contributed by atoms with Crippen molar-refractivity contribution >= 4 is 0 Å². The van der Waals surface area contributed by atoms with Crippen LogP contribution >= 0.6 is 0 Å². The van der Waals surface area contributed by atoms with E-state index in [1.54, 1.807) is 14.2 Å². The predicted molar refractivity (Wildman–Crippen MR) is 64.5 cm³/mol. The molecule has 0 heterocycles. The van der Waals surface area contributed by atoms with Crippen LogP contribution in [0.5, 0.6) is 11.5 Å². The number of benzene rings is 1. The molecule has 90 valence electrons. The monoisotopic (exact) mass is 224 g/mol. The van der Waals surface area contributed by atoms with Gasteiger partial charge < -0.3 is 14.2 Å². The van der Waals surface area contributed by atoms with Crippen LogP contribution in [0.3, 0.4) is 0 Å². The molecule has 0 bridgehead atoms. The summed E-state index contributed by atoms with van der Waals surface area (Å²) in [6, 6.07) is 4.02. The maximum Gasteiger partial charge on any atom is 0.122 e. The summed E-state index contributed by atoms with van der Waals surface area (Å²) in [5.41, 5.74) is 2.19. The summed E-state index contributed by atoms with van der Waals surface area (Å²) in [7, 11) is 3.38. The largest absolute Gasteiger partial charge is 0.496 e. The van der Waals surface area contributed by atoms with Gasteiger partial charge in [-0.1, -0.05) is 0 Å².